The predicted molar refractivity (Wildman–Crippen MR) is 96.5 cm³/mol. The molecule has 0 aromatic carbocycles. The number of hydrogen-bond donors (Lipinski definition) is 2. The van der Waals surface area contributed by atoms with E-state index in [1.807, 2.05) is 18.9 Å². The summed E-state index contributed by atoms with van der Waals surface area (Å²) in [5, 5.41) is 0. The maximum Gasteiger partial charge on any atom is 0.330 e. The van der Waals surface area contributed by atoms with Gasteiger partial charge in [-0.15, -0.1) is 11.3 Å². The van der Waals surface area contributed by atoms with E-state index in [0.29, 0.717) is 18.8 Å². The van der Waals surface area contributed by atoms with Crippen molar-refractivity contribution in [2.45, 2.75) is 46.7 Å². The van der Waals surface area contributed by atoms with Crippen molar-refractivity contribution in [2.75, 3.05) is 17.7 Å². The standard InChI is InChI=1S/C16H24N4O2S/c1-5-6-7-20-14(17)13(15(21)18-16(20)22)19(4)9-12-8-10(2)23-11(12)3/h8H,5-7,9,17H2,1-4H3,(H,18,21,22). The Hall–Kier alpha value is -2.02. The molecule has 0 saturated carbocycles. The minimum atomic E-state index is -0.444. The summed E-state index contributed by atoms with van der Waals surface area (Å²) in [6.45, 7) is 7.26. The Labute approximate surface area is 139 Å². The molecule has 2 rings (SSSR count). The van der Waals surface area contributed by atoms with Gasteiger partial charge in [-0.3, -0.25) is 14.3 Å². The van der Waals surface area contributed by atoms with Gasteiger partial charge in [-0.25, -0.2) is 4.79 Å². The number of nitrogens with two attached hydrogens (primary N) is 1. The number of H-pyrrole nitrogens is 1. The Kier molecular flexibility index (Phi) is 5.30. The molecule has 3 N–H and O–H groups in total. The van der Waals surface area contributed by atoms with E-state index in [1.54, 1.807) is 11.3 Å². The second-order valence-corrected chi connectivity index (χ2v) is 7.25. The fourth-order valence-electron chi connectivity index (χ4n) is 2.66. The van der Waals surface area contributed by atoms with E-state index in [9.17, 15) is 9.59 Å². The zero-order chi connectivity index (χ0) is 17.1. The summed E-state index contributed by atoms with van der Waals surface area (Å²) >= 11 is 1.73. The monoisotopic (exact) mass is 336 g/mol. The number of aromatic amines is 1. The van der Waals surface area contributed by atoms with Crippen molar-refractivity contribution >= 4 is 22.8 Å². The van der Waals surface area contributed by atoms with Crippen molar-refractivity contribution in [2.24, 2.45) is 0 Å². The number of nitrogen functional groups attached to an aromatic ring is 1. The number of nitrogens with zero attached hydrogens (tertiary/aromatic N) is 2. The van der Waals surface area contributed by atoms with Gasteiger partial charge in [-0.1, -0.05) is 13.3 Å². The van der Waals surface area contributed by atoms with Crippen molar-refractivity contribution in [1.29, 1.82) is 0 Å². The average molecular weight is 336 g/mol. The number of unbranched alkanes of at least 4 members (excludes halogenated alkanes) is 1. The van der Waals surface area contributed by atoms with Crippen molar-refractivity contribution < 1.29 is 0 Å². The maximum absolute atomic E-state index is 12.2. The topological polar surface area (TPSA) is 84.1 Å². The van der Waals surface area contributed by atoms with Gasteiger partial charge in [0, 0.05) is 29.9 Å². The number of hydrogen-bond acceptors (Lipinski definition) is 5. The van der Waals surface area contributed by atoms with Gasteiger partial charge in [-0.2, -0.15) is 0 Å². The molecule has 2 heterocycles. The van der Waals surface area contributed by atoms with Crippen LogP contribution in [0.5, 0.6) is 0 Å². The SMILES string of the molecule is CCCCn1c(N)c(N(C)Cc2cc(C)sc2C)c(=O)[nH]c1=O. The third-order valence-corrected chi connectivity index (χ3v) is 4.89. The first-order chi connectivity index (χ1) is 10.8. The predicted octanol–water partition coefficient (Wildman–Crippen LogP) is 2.23. The van der Waals surface area contributed by atoms with Gasteiger partial charge in [0.05, 0.1) is 0 Å². The lowest BCUT2D eigenvalue weighted by atomic mass is 10.2. The normalized spacial score (nSPS) is 11.0. The first kappa shape index (κ1) is 17.3. The van der Waals surface area contributed by atoms with Crippen LogP contribution in [0.3, 0.4) is 0 Å². The highest BCUT2D eigenvalue weighted by atomic mass is 32.1. The van der Waals surface area contributed by atoms with Crippen LogP contribution >= 0.6 is 11.3 Å². The van der Waals surface area contributed by atoms with Crippen LogP contribution in [-0.2, 0) is 13.1 Å². The average Bonchev–Trinajstić information content (AvgIpc) is 2.76. The molecule has 0 atom stereocenters. The van der Waals surface area contributed by atoms with Crippen LogP contribution in [0.15, 0.2) is 15.7 Å². The zero-order valence-corrected chi connectivity index (χ0v) is 14.9. The molecule has 23 heavy (non-hydrogen) atoms. The summed E-state index contributed by atoms with van der Waals surface area (Å²) in [6, 6.07) is 2.12. The number of anilines is 2. The summed E-state index contributed by atoms with van der Waals surface area (Å²) in [5.41, 5.74) is 6.76. The molecule has 0 spiro atoms. The highest BCUT2D eigenvalue weighted by molar-refractivity contribution is 7.12. The summed E-state index contributed by atoms with van der Waals surface area (Å²) < 4.78 is 1.45. The molecule has 7 heteroatoms. The fourth-order valence-corrected chi connectivity index (χ4v) is 3.60. The molecule has 0 aliphatic rings. The Morgan fingerprint density at radius 2 is 2.04 bits per heavy atom. The molecule has 0 amide bonds. The van der Waals surface area contributed by atoms with Gasteiger partial charge in [0.15, 0.2) is 0 Å². The van der Waals surface area contributed by atoms with Crippen LogP contribution in [0.1, 0.15) is 35.1 Å². The van der Waals surface area contributed by atoms with Crippen molar-refractivity contribution in [3.05, 3.63) is 42.2 Å². The van der Waals surface area contributed by atoms with Gasteiger partial charge in [-0.05, 0) is 31.9 Å². The van der Waals surface area contributed by atoms with Crippen molar-refractivity contribution in [1.82, 2.24) is 9.55 Å². The second kappa shape index (κ2) is 7.04. The molecular formula is C16H24N4O2S. The molecule has 0 bridgehead atoms. The quantitative estimate of drug-likeness (QED) is 0.847. The van der Waals surface area contributed by atoms with Gasteiger partial charge in [0.1, 0.15) is 11.5 Å². The molecule has 6 nitrogen and oxygen atoms in total. The molecule has 0 radical (unpaired) electrons. The zero-order valence-electron chi connectivity index (χ0n) is 14.1. The second-order valence-electron chi connectivity index (χ2n) is 5.79. The van der Waals surface area contributed by atoms with E-state index < -0.39 is 11.2 Å². The van der Waals surface area contributed by atoms with E-state index >= 15 is 0 Å². The largest absolute Gasteiger partial charge is 0.383 e. The Bertz CT molecular complexity index is 803. The third kappa shape index (κ3) is 3.67. The van der Waals surface area contributed by atoms with Crippen molar-refractivity contribution in [3.63, 3.8) is 0 Å². The van der Waals surface area contributed by atoms with Crippen molar-refractivity contribution in [3.8, 4) is 0 Å². The molecule has 0 unspecified atom stereocenters. The van der Waals surface area contributed by atoms with Crippen LogP contribution in [-0.4, -0.2) is 16.6 Å². The van der Waals surface area contributed by atoms with E-state index in [-0.39, 0.29) is 5.82 Å². The van der Waals surface area contributed by atoms with E-state index in [0.717, 1.165) is 12.8 Å². The highest BCUT2D eigenvalue weighted by Crippen LogP contribution is 2.24. The number of aryl methyl sites for hydroxylation is 2. The van der Waals surface area contributed by atoms with E-state index in [2.05, 4.69) is 24.9 Å². The van der Waals surface area contributed by atoms with Crippen LogP contribution in [0.25, 0.3) is 0 Å². The minimum Gasteiger partial charge on any atom is -0.383 e. The third-order valence-electron chi connectivity index (χ3n) is 3.88. The number of thiophene rings is 1. The molecule has 0 saturated heterocycles. The van der Waals surface area contributed by atoms with Gasteiger partial charge in [0.2, 0.25) is 0 Å². The fraction of sp³-hybridized carbons (Fsp3) is 0.500. The molecular weight excluding hydrogens is 312 g/mol. The van der Waals surface area contributed by atoms with Gasteiger partial charge >= 0.3 is 5.69 Å². The number of aromatic nitrogens is 2. The summed E-state index contributed by atoms with van der Waals surface area (Å²) in [5.74, 6) is 0.235. The van der Waals surface area contributed by atoms with Crippen LogP contribution < -0.4 is 21.9 Å². The van der Waals surface area contributed by atoms with Crippen LogP contribution in [0, 0.1) is 13.8 Å². The summed E-state index contributed by atoms with van der Waals surface area (Å²) in [6.07, 6.45) is 1.78. The lowest BCUT2D eigenvalue weighted by Gasteiger charge is -2.21. The Balaban J connectivity index is 2.39. The molecule has 0 aliphatic heterocycles. The lowest BCUT2D eigenvalue weighted by molar-refractivity contribution is 0.603. The smallest absolute Gasteiger partial charge is 0.330 e. The van der Waals surface area contributed by atoms with E-state index in [1.165, 1.54) is 19.9 Å². The van der Waals surface area contributed by atoms with Gasteiger partial charge in [0.25, 0.3) is 5.56 Å². The molecule has 2 aromatic heterocycles. The Morgan fingerprint density at radius 1 is 1.35 bits per heavy atom. The van der Waals surface area contributed by atoms with E-state index in [4.69, 9.17) is 5.73 Å². The number of nitrogens with one attached hydrogen (secondary N) is 1. The minimum absolute atomic E-state index is 0.235. The van der Waals surface area contributed by atoms with Crippen LogP contribution in [0.4, 0.5) is 11.5 Å². The first-order valence-corrected chi connectivity index (χ1v) is 8.56. The van der Waals surface area contributed by atoms with Gasteiger partial charge < -0.3 is 10.6 Å². The highest BCUT2D eigenvalue weighted by Gasteiger charge is 2.17. The molecule has 0 fully saturated rings. The Morgan fingerprint density at radius 3 is 2.61 bits per heavy atom. The summed E-state index contributed by atoms with van der Waals surface area (Å²) in [4.78, 5) is 30.8. The molecule has 2 aromatic rings. The number of rotatable bonds is 6. The van der Waals surface area contributed by atoms with Crippen LogP contribution in [0.2, 0.25) is 0 Å². The first-order valence-electron chi connectivity index (χ1n) is 7.74. The summed E-state index contributed by atoms with van der Waals surface area (Å²) in [7, 11) is 1.82. The lowest BCUT2D eigenvalue weighted by Crippen LogP contribution is -2.37. The maximum atomic E-state index is 12.2. The molecule has 0 aliphatic carbocycles. The molecule has 126 valence electrons.